The molecule has 2 fully saturated rings. The quantitative estimate of drug-likeness (QED) is 0.504. The number of methoxy groups -OCH3 is 1. The van der Waals surface area contributed by atoms with Gasteiger partial charge in [-0.2, -0.15) is 0 Å². The van der Waals surface area contributed by atoms with Crippen molar-refractivity contribution in [3.63, 3.8) is 0 Å². The maximum atomic E-state index is 15.1. The fourth-order valence-corrected chi connectivity index (χ4v) is 5.15. The lowest BCUT2D eigenvalue weighted by Gasteiger charge is -2.36. The second kappa shape index (κ2) is 10.2. The Morgan fingerprint density at radius 1 is 1.25 bits per heavy atom. The number of carbonyl (C=O) groups excluding carboxylic acids is 2. The summed E-state index contributed by atoms with van der Waals surface area (Å²) in [5.41, 5.74) is 4.13. The fourth-order valence-electron chi connectivity index (χ4n) is 4.35. The van der Waals surface area contributed by atoms with Crippen molar-refractivity contribution in [3.05, 3.63) is 53.3 Å². The Morgan fingerprint density at radius 3 is 2.81 bits per heavy atom. The molecule has 3 heterocycles. The van der Waals surface area contributed by atoms with Gasteiger partial charge in [-0.3, -0.25) is 9.69 Å². The van der Waals surface area contributed by atoms with Crippen LogP contribution in [0.3, 0.4) is 0 Å². The van der Waals surface area contributed by atoms with Gasteiger partial charge in [0.25, 0.3) is 11.1 Å². The Balaban J connectivity index is 1.20. The average Bonchev–Trinajstić information content (AvgIpc) is 3.52. The van der Waals surface area contributed by atoms with Crippen molar-refractivity contribution >= 4 is 62.3 Å². The largest absolute Gasteiger partial charge is 0.474 e. The van der Waals surface area contributed by atoms with Crippen LogP contribution >= 0.6 is 23.6 Å². The zero-order chi connectivity index (χ0) is 25.2. The number of benzene rings is 2. The maximum absolute atomic E-state index is 15.1. The Hall–Kier alpha value is -3.51. The number of halogens is 1. The molecule has 2 aliphatic rings. The molecular weight excluding hydrogens is 505 g/mol. The second-order valence-electron chi connectivity index (χ2n) is 8.44. The summed E-state index contributed by atoms with van der Waals surface area (Å²) in [6.07, 6.45) is -0.975. The Kier molecular flexibility index (Phi) is 6.88. The topological polar surface area (TPSA) is 87.2 Å². The van der Waals surface area contributed by atoms with Gasteiger partial charge in [-0.05, 0) is 48.6 Å². The zero-order valence-corrected chi connectivity index (χ0v) is 21.1. The molecular formula is C24H24FN5O4S2. The van der Waals surface area contributed by atoms with Gasteiger partial charge in [-0.25, -0.2) is 14.2 Å². The van der Waals surface area contributed by atoms with Crippen LogP contribution in [0.4, 0.5) is 20.6 Å². The Bertz CT molecular complexity index is 1310. The number of anilines is 2. The summed E-state index contributed by atoms with van der Waals surface area (Å²) in [6.45, 7) is 2.55. The molecule has 12 heteroatoms. The van der Waals surface area contributed by atoms with Crippen molar-refractivity contribution < 1.29 is 23.5 Å². The van der Waals surface area contributed by atoms with Crippen LogP contribution < -0.4 is 15.1 Å². The van der Waals surface area contributed by atoms with Crippen molar-refractivity contribution in [2.24, 2.45) is 0 Å². The third-order valence-electron chi connectivity index (χ3n) is 6.26. The van der Waals surface area contributed by atoms with Gasteiger partial charge < -0.3 is 24.6 Å². The van der Waals surface area contributed by atoms with E-state index in [1.807, 2.05) is 17.0 Å². The van der Waals surface area contributed by atoms with Crippen LogP contribution in [0.15, 0.2) is 41.9 Å². The van der Waals surface area contributed by atoms with Crippen LogP contribution in [0, 0.1) is 5.82 Å². The monoisotopic (exact) mass is 529 g/mol. The number of hydrogen-bond donors (Lipinski definition) is 1. The molecule has 1 atom stereocenters. The third-order valence-corrected chi connectivity index (χ3v) is 7.37. The number of cyclic esters (lactones) is 1. The van der Waals surface area contributed by atoms with Crippen LogP contribution in [0.5, 0.6) is 0 Å². The summed E-state index contributed by atoms with van der Waals surface area (Å²) in [5.74, 6) is -0.471. The molecule has 188 valence electrons. The summed E-state index contributed by atoms with van der Waals surface area (Å²) in [7, 11) is 1.45. The van der Waals surface area contributed by atoms with E-state index in [1.165, 1.54) is 29.4 Å². The van der Waals surface area contributed by atoms with Crippen molar-refractivity contribution in [2.45, 2.75) is 6.10 Å². The number of nitrogens with one attached hydrogen (secondary N) is 1. The molecule has 36 heavy (non-hydrogen) atoms. The van der Waals surface area contributed by atoms with E-state index in [2.05, 4.69) is 10.3 Å². The summed E-state index contributed by atoms with van der Waals surface area (Å²) in [5, 5.41) is 3.06. The number of amides is 2. The number of thiazole rings is 1. The highest BCUT2D eigenvalue weighted by atomic mass is 32.1. The number of rotatable bonds is 5. The van der Waals surface area contributed by atoms with E-state index in [0.29, 0.717) is 49.7 Å². The number of hydrogen-bond acceptors (Lipinski definition) is 8. The molecule has 2 saturated heterocycles. The van der Waals surface area contributed by atoms with Crippen molar-refractivity contribution in [1.82, 2.24) is 15.2 Å². The van der Waals surface area contributed by atoms with Gasteiger partial charge in [0.05, 0.1) is 47.3 Å². The van der Waals surface area contributed by atoms with E-state index in [4.69, 9.17) is 21.7 Å². The van der Waals surface area contributed by atoms with E-state index in [9.17, 15) is 9.59 Å². The first-order chi connectivity index (χ1) is 17.4. The minimum absolute atomic E-state index is 0.0383. The molecule has 2 amide bonds. The maximum Gasteiger partial charge on any atom is 0.414 e. The Morgan fingerprint density at radius 2 is 2.06 bits per heavy atom. The highest BCUT2D eigenvalue weighted by molar-refractivity contribution is 7.80. The van der Waals surface area contributed by atoms with E-state index >= 15 is 4.39 Å². The summed E-state index contributed by atoms with van der Waals surface area (Å²) in [6, 6.07) is 10.2. The number of aromatic nitrogens is 1. The van der Waals surface area contributed by atoms with E-state index in [-0.39, 0.29) is 17.6 Å². The van der Waals surface area contributed by atoms with E-state index in [0.717, 1.165) is 10.2 Å². The molecule has 5 rings (SSSR count). The molecule has 3 aromatic rings. The van der Waals surface area contributed by atoms with E-state index < -0.39 is 18.0 Å². The van der Waals surface area contributed by atoms with Crippen molar-refractivity contribution in [3.8, 4) is 0 Å². The van der Waals surface area contributed by atoms with Crippen molar-refractivity contribution in [1.29, 1.82) is 0 Å². The molecule has 0 saturated carbocycles. The Labute approximate surface area is 216 Å². The molecule has 0 aliphatic carbocycles. The normalized spacial score (nSPS) is 17.9. The molecule has 0 spiro atoms. The first-order valence-electron chi connectivity index (χ1n) is 11.4. The summed E-state index contributed by atoms with van der Waals surface area (Å²) in [4.78, 5) is 34.6. The molecule has 9 nitrogen and oxygen atoms in total. The van der Waals surface area contributed by atoms with Crippen LogP contribution in [0.1, 0.15) is 10.4 Å². The first-order valence-corrected chi connectivity index (χ1v) is 12.7. The zero-order valence-electron chi connectivity index (χ0n) is 19.5. The predicted molar refractivity (Wildman–Crippen MR) is 139 cm³/mol. The second-order valence-corrected chi connectivity index (χ2v) is 9.70. The SMILES string of the molecule is COC(=S)NC[C@H]1CN(c2ccc(N3CCN(C(=O)c4ccc5ncsc5c4)CC3)c(F)c2)C(=O)O1. The van der Waals surface area contributed by atoms with Gasteiger partial charge >= 0.3 is 6.09 Å². The molecule has 2 aliphatic heterocycles. The number of nitrogens with zero attached hydrogens (tertiary/aromatic N) is 4. The van der Waals surface area contributed by atoms with Crippen molar-refractivity contribution in [2.75, 3.05) is 56.2 Å². The highest BCUT2D eigenvalue weighted by Crippen LogP contribution is 2.29. The third kappa shape index (κ3) is 4.91. The molecule has 0 radical (unpaired) electrons. The molecule has 1 N–H and O–H groups in total. The first kappa shape index (κ1) is 24.2. The number of fused-ring (bicyclic) bond motifs is 1. The number of ether oxygens (including phenoxy) is 2. The lowest BCUT2D eigenvalue weighted by molar-refractivity contribution is 0.0746. The van der Waals surface area contributed by atoms with Crippen LogP contribution in [0.2, 0.25) is 0 Å². The average molecular weight is 530 g/mol. The fraction of sp³-hybridized carbons (Fsp3) is 0.333. The summed E-state index contributed by atoms with van der Waals surface area (Å²) < 4.78 is 26.3. The van der Waals surface area contributed by atoms with Crippen LogP contribution in [-0.2, 0) is 9.47 Å². The van der Waals surface area contributed by atoms with Gasteiger partial charge in [0.1, 0.15) is 11.9 Å². The van der Waals surface area contributed by atoms with Gasteiger partial charge in [0, 0.05) is 31.7 Å². The molecule has 1 aromatic heterocycles. The predicted octanol–water partition coefficient (Wildman–Crippen LogP) is 3.24. The minimum Gasteiger partial charge on any atom is -0.474 e. The van der Waals surface area contributed by atoms with Gasteiger partial charge in [-0.1, -0.05) is 0 Å². The highest BCUT2D eigenvalue weighted by Gasteiger charge is 2.33. The molecule has 0 bridgehead atoms. The van der Waals surface area contributed by atoms with Gasteiger partial charge in [0.2, 0.25) is 0 Å². The van der Waals surface area contributed by atoms with E-state index in [1.54, 1.807) is 28.6 Å². The smallest absolute Gasteiger partial charge is 0.414 e. The molecule has 0 unspecified atom stereocenters. The molecule has 2 aromatic carbocycles. The van der Waals surface area contributed by atoms with Crippen LogP contribution in [-0.4, -0.2) is 79.5 Å². The lowest BCUT2D eigenvalue weighted by Crippen LogP contribution is -2.49. The number of piperazine rings is 1. The number of carbonyl (C=O) groups is 2. The van der Waals surface area contributed by atoms with Gasteiger partial charge in [0.15, 0.2) is 0 Å². The van der Waals surface area contributed by atoms with Gasteiger partial charge in [-0.15, -0.1) is 11.3 Å². The summed E-state index contributed by atoms with van der Waals surface area (Å²) >= 11 is 6.43. The van der Waals surface area contributed by atoms with Crippen LogP contribution in [0.25, 0.3) is 10.2 Å². The minimum atomic E-state index is -0.541. The lowest BCUT2D eigenvalue weighted by atomic mass is 10.1. The standard InChI is InChI=1S/C24H24FN5O4S2/c1-33-23(35)26-12-17-13-30(24(32)34-17)16-3-5-20(18(25)11-16)28-6-8-29(9-7-28)22(31)15-2-4-19-21(10-15)36-14-27-19/h2-5,10-11,14,17H,6-9,12-13H2,1H3,(H,26,35)/t17-/m0/s1. The number of thiocarbonyl (C=S) groups is 1.